The quantitative estimate of drug-likeness (QED) is 0.841. The molecule has 0 aliphatic carbocycles. The van der Waals surface area contributed by atoms with E-state index < -0.39 is 0 Å². The molecule has 19 heavy (non-hydrogen) atoms. The van der Waals surface area contributed by atoms with Crippen molar-refractivity contribution in [1.82, 2.24) is 10.6 Å². The monoisotopic (exact) mass is 332 g/mol. The van der Waals surface area contributed by atoms with Crippen LogP contribution in [0.15, 0.2) is 21.2 Å². The van der Waals surface area contributed by atoms with Crippen molar-refractivity contribution in [3.05, 3.63) is 22.6 Å². The Bertz CT molecular complexity index is 418. The molecule has 0 aromatic carbocycles. The molecule has 0 spiro atoms. The Balaban J connectivity index is 2.31. The summed E-state index contributed by atoms with van der Waals surface area (Å²) in [7, 11) is 1.67. The van der Waals surface area contributed by atoms with Gasteiger partial charge < -0.3 is 19.8 Å². The summed E-state index contributed by atoms with van der Waals surface area (Å²) in [5, 5.41) is 5.61. The molecule has 0 unspecified atom stereocenters. The van der Waals surface area contributed by atoms with Crippen molar-refractivity contribution in [3.63, 3.8) is 0 Å². The van der Waals surface area contributed by atoms with E-state index in [0.717, 1.165) is 6.42 Å². The van der Waals surface area contributed by atoms with Crippen LogP contribution in [0.4, 0.5) is 4.79 Å². The van der Waals surface area contributed by atoms with Crippen molar-refractivity contribution in [2.45, 2.75) is 45.4 Å². The molecule has 5 nitrogen and oxygen atoms in total. The summed E-state index contributed by atoms with van der Waals surface area (Å²) in [5.41, 5.74) is -0.251. The van der Waals surface area contributed by atoms with Gasteiger partial charge in [0.25, 0.3) is 0 Å². The molecular formula is C13H21BrN2O3. The topological polar surface area (TPSA) is 63.5 Å². The third-order valence-corrected chi connectivity index (χ3v) is 3.21. The second-order valence-electron chi connectivity index (χ2n) is 5.10. The molecule has 0 aliphatic heterocycles. The normalized spacial score (nSPS) is 13.1. The second-order valence-corrected chi connectivity index (χ2v) is 5.88. The molecule has 6 heteroatoms. The van der Waals surface area contributed by atoms with Crippen molar-refractivity contribution in [2.75, 3.05) is 7.11 Å². The van der Waals surface area contributed by atoms with Gasteiger partial charge in [-0.3, -0.25) is 0 Å². The van der Waals surface area contributed by atoms with E-state index in [1.54, 1.807) is 13.2 Å². The van der Waals surface area contributed by atoms with Crippen molar-refractivity contribution in [2.24, 2.45) is 0 Å². The summed E-state index contributed by atoms with van der Waals surface area (Å²) in [6.07, 6.45) is 0.739. The molecule has 0 aliphatic rings. The lowest BCUT2D eigenvalue weighted by atomic mass is 10.00. The molecule has 1 aromatic rings. The van der Waals surface area contributed by atoms with Gasteiger partial charge in [0.1, 0.15) is 5.76 Å². The molecule has 0 radical (unpaired) electrons. The number of ether oxygens (including phenoxy) is 1. The first-order valence-corrected chi connectivity index (χ1v) is 6.95. The highest BCUT2D eigenvalue weighted by Gasteiger charge is 2.21. The van der Waals surface area contributed by atoms with E-state index in [1.165, 1.54) is 0 Å². The van der Waals surface area contributed by atoms with E-state index in [9.17, 15) is 4.79 Å². The van der Waals surface area contributed by atoms with Crippen molar-refractivity contribution >= 4 is 22.0 Å². The van der Waals surface area contributed by atoms with Crippen LogP contribution in [0.3, 0.4) is 0 Å². The van der Waals surface area contributed by atoms with E-state index in [1.807, 2.05) is 26.8 Å². The standard InChI is InChI=1S/C13H21BrN2O3/c1-9(7-13(2,3)18-4)16-12(17)15-8-10-5-6-11(14)19-10/h5-6,9H,7-8H2,1-4H3,(H2,15,16,17)/t9-/m0/s1. The number of hydrogen-bond acceptors (Lipinski definition) is 3. The van der Waals surface area contributed by atoms with Gasteiger partial charge in [-0.2, -0.15) is 0 Å². The molecule has 1 rings (SSSR count). The minimum atomic E-state index is -0.251. The molecule has 0 fully saturated rings. The fraction of sp³-hybridized carbons (Fsp3) is 0.615. The van der Waals surface area contributed by atoms with Crippen LogP contribution in [-0.2, 0) is 11.3 Å². The summed E-state index contributed by atoms with van der Waals surface area (Å²) in [6, 6.07) is 3.41. The number of carbonyl (C=O) groups is 1. The molecule has 2 N–H and O–H groups in total. The molecule has 0 saturated heterocycles. The average Bonchev–Trinajstić information content (AvgIpc) is 2.71. The Morgan fingerprint density at radius 1 is 1.53 bits per heavy atom. The smallest absolute Gasteiger partial charge is 0.315 e. The summed E-state index contributed by atoms with van der Waals surface area (Å²) in [6.45, 7) is 6.29. The zero-order valence-electron chi connectivity index (χ0n) is 11.7. The number of hydrogen-bond donors (Lipinski definition) is 2. The maximum absolute atomic E-state index is 11.7. The molecule has 0 bridgehead atoms. The number of furan rings is 1. The molecule has 1 aromatic heterocycles. The van der Waals surface area contributed by atoms with Gasteiger partial charge in [-0.05, 0) is 55.3 Å². The molecular weight excluding hydrogens is 312 g/mol. The van der Waals surface area contributed by atoms with E-state index in [-0.39, 0.29) is 17.7 Å². The van der Waals surface area contributed by atoms with Gasteiger partial charge in [0, 0.05) is 13.2 Å². The Morgan fingerprint density at radius 2 is 2.21 bits per heavy atom. The van der Waals surface area contributed by atoms with Crippen LogP contribution in [0.2, 0.25) is 0 Å². The number of rotatable bonds is 6. The van der Waals surface area contributed by atoms with E-state index in [2.05, 4.69) is 26.6 Å². The Hall–Kier alpha value is -1.01. The third-order valence-electron chi connectivity index (χ3n) is 2.78. The van der Waals surface area contributed by atoms with E-state index in [0.29, 0.717) is 17.0 Å². The first-order chi connectivity index (χ1) is 8.82. The number of methoxy groups -OCH3 is 1. The summed E-state index contributed by atoms with van der Waals surface area (Å²) in [4.78, 5) is 11.7. The minimum absolute atomic E-state index is 0.0262. The van der Waals surface area contributed by atoms with E-state index in [4.69, 9.17) is 9.15 Å². The maximum atomic E-state index is 11.7. The van der Waals surface area contributed by atoms with Crippen LogP contribution in [0.1, 0.15) is 33.0 Å². The fourth-order valence-electron chi connectivity index (χ4n) is 1.76. The lowest BCUT2D eigenvalue weighted by Gasteiger charge is -2.27. The van der Waals surface area contributed by atoms with Gasteiger partial charge >= 0.3 is 6.03 Å². The SMILES string of the molecule is COC(C)(C)C[C@H](C)NC(=O)NCc1ccc(Br)o1. The average molecular weight is 333 g/mol. The molecule has 1 atom stereocenters. The Morgan fingerprint density at radius 3 is 2.74 bits per heavy atom. The van der Waals surface area contributed by atoms with Gasteiger partial charge in [0.2, 0.25) is 0 Å². The summed E-state index contributed by atoms with van der Waals surface area (Å²) >= 11 is 3.21. The van der Waals surface area contributed by atoms with Crippen LogP contribution in [0, 0.1) is 0 Å². The summed E-state index contributed by atoms with van der Waals surface area (Å²) < 4.78 is 11.3. The van der Waals surface area contributed by atoms with Gasteiger partial charge in [-0.15, -0.1) is 0 Å². The van der Waals surface area contributed by atoms with Gasteiger partial charge in [-0.25, -0.2) is 4.79 Å². The van der Waals surface area contributed by atoms with Gasteiger partial charge in [0.15, 0.2) is 4.67 Å². The predicted molar refractivity (Wildman–Crippen MR) is 76.9 cm³/mol. The molecule has 0 saturated carbocycles. The van der Waals surface area contributed by atoms with Crippen LogP contribution in [0.5, 0.6) is 0 Å². The summed E-state index contributed by atoms with van der Waals surface area (Å²) in [5.74, 6) is 0.701. The maximum Gasteiger partial charge on any atom is 0.315 e. The van der Waals surface area contributed by atoms with Crippen LogP contribution in [0.25, 0.3) is 0 Å². The highest BCUT2D eigenvalue weighted by Crippen LogP contribution is 2.15. The number of nitrogens with one attached hydrogen (secondary N) is 2. The van der Waals surface area contributed by atoms with Crippen LogP contribution >= 0.6 is 15.9 Å². The largest absolute Gasteiger partial charge is 0.452 e. The lowest BCUT2D eigenvalue weighted by Crippen LogP contribution is -2.43. The third kappa shape index (κ3) is 6.11. The fourth-order valence-corrected chi connectivity index (χ4v) is 2.10. The number of urea groups is 1. The van der Waals surface area contributed by atoms with Crippen LogP contribution < -0.4 is 10.6 Å². The Kier molecular flexibility index (Phi) is 5.87. The van der Waals surface area contributed by atoms with Crippen molar-refractivity contribution < 1.29 is 13.9 Å². The zero-order chi connectivity index (χ0) is 14.5. The Labute approximate surface area is 122 Å². The molecule has 2 amide bonds. The molecule has 108 valence electrons. The van der Waals surface area contributed by atoms with Gasteiger partial charge in [-0.1, -0.05) is 0 Å². The first-order valence-electron chi connectivity index (χ1n) is 6.16. The minimum Gasteiger partial charge on any atom is -0.452 e. The van der Waals surface area contributed by atoms with E-state index >= 15 is 0 Å². The second kappa shape index (κ2) is 6.96. The highest BCUT2D eigenvalue weighted by atomic mass is 79.9. The zero-order valence-corrected chi connectivity index (χ0v) is 13.3. The van der Waals surface area contributed by atoms with Crippen molar-refractivity contribution in [3.8, 4) is 0 Å². The molecule has 1 heterocycles. The number of halogens is 1. The lowest BCUT2D eigenvalue weighted by molar-refractivity contribution is 0.00950. The van der Waals surface area contributed by atoms with Crippen LogP contribution in [-0.4, -0.2) is 24.8 Å². The van der Waals surface area contributed by atoms with Gasteiger partial charge in [0.05, 0.1) is 12.1 Å². The van der Waals surface area contributed by atoms with Crippen molar-refractivity contribution in [1.29, 1.82) is 0 Å². The number of amides is 2. The number of carbonyl (C=O) groups excluding carboxylic acids is 1. The first kappa shape index (κ1) is 16.0. The highest BCUT2D eigenvalue weighted by molar-refractivity contribution is 9.10. The predicted octanol–water partition coefficient (Wildman–Crippen LogP) is 3.04.